The molecule has 4 rings (SSSR count). The molecule has 4 nitrogen and oxygen atoms in total. The van der Waals surface area contributed by atoms with E-state index in [2.05, 4.69) is 54.4 Å². The fraction of sp³-hybridized carbons (Fsp3) is 0.381. The van der Waals surface area contributed by atoms with Crippen LogP contribution in [0.4, 0.5) is 5.69 Å². The quantitative estimate of drug-likeness (QED) is 0.346. The summed E-state index contributed by atoms with van der Waals surface area (Å²) in [7, 11) is 2.25. The maximum Gasteiger partial charge on any atom is 0.185 e. The molecule has 1 fully saturated rings. The third kappa shape index (κ3) is 3.82. The average molecular weight is 378 g/mol. The largest absolute Gasteiger partial charge is 0.361 e. The Morgan fingerprint density at radius 2 is 2.11 bits per heavy atom. The van der Waals surface area contributed by atoms with Crippen molar-refractivity contribution in [2.75, 3.05) is 11.9 Å². The van der Waals surface area contributed by atoms with Crippen molar-refractivity contribution in [2.24, 2.45) is 0 Å². The van der Waals surface area contributed by atoms with Crippen molar-refractivity contribution < 1.29 is 0 Å². The number of aromatic nitrogens is 1. The summed E-state index contributed by atoms with van der Waals surface area (Å²) in [4.78, 5) is 6.90. The lowest BCUT2D eigenvalue weighted by Crippen LogP contribution is -2.35. The number of thiophene rings is 1. The standard InChI is InChI=1S/C21H27BN4S/c1-2-26(22)16-8-5-14(6-9-16)18-13-24-19-10-7-15(12-17(18)19)25-21(23)20-4-3-11-27-20/h3-4,7,10-14,16,24H,2,5-6,8-9,22H2,1H3,(H2,23,25). The maximum atomic E-state index is 8.27. The van der Waals surface area contributed by atoms with Gasteiger partial charge < -0.3 is 15.1 Å². The number of nitrogens with zero attached hydrogens (tertiary/aromatic N) is 1. The Kier molecular flexibility index (Phi) is 5.37. The molecule has 0 spiro atoms. The van der Waals surface area contributed by atoms with Crippen molar-refractivity contribution in [3.05, 3.63) is 52.3 Å². The van der Waals surface area contributed by atoms with E-state index in [1.165, 1.54) is 42.1 Å². The molecular formula is C21H27BN4S. The highest BCUT2D eigenvalue weighted by Crippen LogP contribution is 2.38. The minimum Gasteiger partial charge on any atom is -0.361 e. The van der Waals surface area contributed by atoms with Gasteiger partial charge in [0.1, 0.15) is 5.84 Å². The smallest absolute Gasteiger partial charge is 0.185 e. The molecule has 2 aromatic heterocycles. The molecule has 3 N–H and O–H groups in total. The van der Waals surface area contributed by atoms with Gasteiger partial charge in [-0.05, 0) is 79.4 Å². The van der Waals surface area contributed by atoms with Gasteiger partial charge >= 0.3 is 0 Å². The van der Waals surface area contributed by atoms with Crippen LogP contribution in [0.3, 0.4) is 0 Å². The first-order chi connectivity index (χ1) is 13.2. The molecule has 27 heavy (non-hydrogen) atoms. The van der Waals surface area contributed by atoms with Gasteiger partial charge in [-0.3, -0.25) is 5.41 Å². The second-order valence-corrected chi connectivity index (χ2v) is 8.51. The van der Waals surface area contributed by atoms with Crippen LogP contribution < -0.4 is 5.32 Å². The molecule has 6 heteroatoms. The van der Waals surface area contributed by atoms with E-state index >= 15 is 0 Å². The monoisotopic (exact) mass is 378 g/mol. The van der Waals surface area contributed by atoms with Gasteiger partial charge in [0.05, 0.1) is 4.88 Å². The lowest BCUT2D eigenvalue weighted by atomic mass is 9.80. The van der Waals surface area contributed by atoms with Gasteiger partial charge in [0.2, 0.25) is 0 Å². The second kappa shape index (κ2) is 7.91. The summed E-state index contributed by atoms with van der Waals surface area (Å²) in [6.45, 7) is 3.38. The van der Waals surface area contributed by atoms with Crippen LogP contribution >= 0.6 is 11.3 Å². The van der Waals surface area contributed by atoms with Crippen LogP contribution in [-0.4, -0.2) is 36.2 Å². The molecule has 0 atom stereocenters. The van der Waals surface area contributed by atoms with E-state index in [1.807, 2.05) is 17.5 Å². The van der Waals surface area contributed by atoms with E-state index in [0.717, 1.165) is 23.2 Å². The van der Waals surface area contributed by atoms with Crippen LogP contribution in [0.25, 0.3) is 10.9 Å². The first-order valence-corrected chi connectivity index (χ1v) is 10.7. The van der Waals surface area contributed by atoms with Crippen molar-refractivity contribution in [1.82, 2.24) is 9.79 Å². The lowest BCUT2D eigenvalue weighted by molar-refractivity contribution is 0.255. The topological polar surface area (TPSA) is 54.9 Å². The third-order valence-corrected chi connectivity index (χ3v) is 6.90. The zero-order chi connectivity index (χ0) is 18.8. The van der Waals surface area contributed by atoms with Gasteiger partial charge in [-0.1, -0.05) is 13.0 Å². The average Bonchev–Trinajstić information content (AvgIpc) is 3.37. The molecule has 0 unspecified atom stereocenters. The summed E-state index contributed by atoms with van der Waals surface area (Å²) < 4.78 is 0. The molecule has 2 heterocycles. The van der Waals surface area contributed by atoms with Gasteiger partial charge in [0.15, 0.2) is 7.98 Å². The molecule has 0 saturated heterocycles. The SMILES string of the molecule is BN(CC)C1CCC(c2c[nH]c3ccc(NC(=N)c4cccs4)cc23)CC1. The highest BCUT2D eigenvalue weighted by molar-refractivity contribution is 7.12. The summed E-state index contributed by atoms with van der Waals surface area (Å²) in [5.74, 6) is 1.09. The number of benzene rings is 1. The molecule has 1 saturated carbocycles. The number of rotatable bonds is 5. The van der Waals surface area contributed by atoms with Crippen molar-refractivity contribution >= 4 is 41.7 Å². The predicted molar refractivity (Wildman–Crippen MR) is 119 cm³/mol. The molecule has 0 aliphatic heterocycles. The number of amidine groups is 1. The molecule has 0 radical (unpaired) electrons. The van der Waals surface area contributed by atoms with Gasteiger partial charge in [0, 0.05) is 22.8 Å². The molecule has 1 aromatic carbocycles. The molecule has 140 valence electrons. The van der Waals surface area contributed by atoms with E-state index in [4.69, 9.17) is 5.41 Å². The van der Waals surface area contributed by atoms with Gasteiger partial charge in [0.25, 0.3) is 0 Å². The molecular weight excluding hydrogens is 351 g/mol. The van der Waals surface area contributed by atoms with Crippen LogP contribution in [0, 0.1) is 5.41 Å². The summed E-state index contributed by atoms with van der Waals surface area (Å²) in [5.41, 5.74) is 3.61. The Morgan fingerprint density at radius 1 is 1.30 bits per heavy atom. The second-order valence-electron chi connectivity index (χ2n) is 7.56. The number of anilines is 1. The lowest BCUT2D eigenvalue weighted by Gasteiger charge is -2.34. The van der Waals surface area contributed by atoms with Crippen LogP contribution in [0.5, 0.6) is 0 Å². The number of hydrogen-bond donors (Lipinski definition) is 3. The van der Waals surface area contributed by atoms with E-state index in [0.29, 0.717) is 11.8 Å². The minimum absolute atomic E-state index is 0.463. The zero-order valence-corrected chi connectivity index (χ0v) is 16.9. The first-order valence-electron chi connectivity index (χ1n) is 9.86. The van der Waals surface area contributed by atoms with E-state index in [9.17, 15) is 0 Å². The molecule has 1 aliphatic rings. The molecule has 0 bridgehead atoms. The van der Waals surface area contributed by atoms with E-state index in [-0.39, 0.29) is 0 Å². The fourth-order valence-electron chi connectivity index (χ4n) is 4.27. The Balaban J connectivity index is 1.52. The van der Waals surface area contributed by atoms with Gasteiger partial charge in [-0.2, -0.15) is 0 Å². The third-order valence-electron chi connectivity index (χ3n) is 6.01. The number of hydrogen-bond acceptors (Lipinski definition) is 3. The highest BCUT2D eigenvalue weighted by atomic mass is 32.1. The summed E-state index contributed by atoms with van der Waals surface area (Å²) in [6, 6.07) is 11.1. The highest BCUT2D eigenvalue weighted by Gasteiger charge is 2.25. The van der Waals surface area contributed by atoms with E-state index < -0.39 is 0 Å². The summed E-state index contributed by atoms with van der Waals surface area (Å²) in [6.07, 6.45) is 7.27. The number of fused-ring (bicyclic) bond motifs is 1. The summed E-state index contributed by atoms with van der Waals surface area (Å²) >= 11 is 1.59. The van der Waals surface area contributed by atoms with Gasteiger partial charge in [-0.15, -0.1) is 11.3 Å². The fourth-order valence-corrected chi connectivity index (χ4v) is 4.90. The van der Waals surface area contributed by atoms with E-state index in [1.54, 1.807) is 11.3 Å². The molecule has 3 aromatic rings. The number of aromatic amines is 1. The minimum atomic E-state index is 0.463. The Morgan fingerprint density at radius 3 is 2.81 bits per heavy atom. The van der Waals surface area contributed by atoms with Crippen molar-refractivity contribution in [3.63, 3.8) is 0 Å². The normalized spacial score (nSPS) is 20.2. The summed E-state index contributed by atoms with van der Waals surface area (Å²) in [5, 5.41) is 14.8. The Labute approximate surface area is 165 Å². The zero-order valence-electron chi connectivity index (χ0n) is 16.1. The predicted octanol–water partition coefficient (Wildman–Crippen LogP) is 4.56. The van der Waals surface area contributed by atoms with Crippen LogP contribution in [-0.2, 0) is 0 Å². The van der Waals surface area contributed by atoms with Crippen molar-refractivity contribution in [1.29, 1.82) is 5.41 Å². The van der Waals surface area contributed by atoms with Gasteiger partial charge in [-0.25, -0.2) is 0 Å². The molecule has 0 amide bonds. The van der Waals surface area contributed by atoms with Crippen LogP contribution in [0.2, 0.25) is 0 Å². The van der Waals surface area contributed by atoms with Crippen molar-refractivity contribution in [2.45, 2.75) is 44.6 Å². The van der Waals surface area contributed by atoms with Crippen molar-refractivity contribution in [3.8, 4) is 0 Å². The van der Waals surface area contributed by atoms with Crippen LogP contribution in [0.1, 0.15) is 49.0 Å². The molecule has 1 aliphatic carbocycles. The van der Waals surface area contributed by atoms with Crippen LogP contribution in [0.15, 0.2) is 41.9 Å². The number of nitrogens with one attached hydrogen (secondary N) is 3. The first kappa shape index (κ1) is 18.3. The number of H-pyrrole nitrogens is 1. The Bertz CT molecular complexity index is 910. The maximum absolute atomic E-state index is 8.27. The Hall–Kier alpha value is -2.05.